The second-order valence-electron chi connectivity index (χ2n) is 5.54. The molecule has 1 aliphatic heterocycles. The summed E-state index contributed by atoms with van der Waals surface area (Å²) < 4.78 is 31.2. The highest BCUT2D eigenvalue weighted by Crippen LogP contribution is 2.27. The molecule has 0 aliphatic carbocycles. The van der Waals surface area contributed by atoms with Gasteiger partial charge < -0.3 is 4.74 Å². The number of hydrogen-bond donors (Lipinski definition) is 1. The Morgan fingerprint density at radius 2 is 2.15 bits per heavy atom. The number of nitrogens with zero attached hydrogens (tertiary/aromatic N) is 3. The van der Waals surface area contributed by atoms with E-state index in [2.05, 4.69) is 15.5 Å². The Morgan fingerprint density at radius 1 is 1.38 bits per heavy atom. The van der Waals surface area contributed by atoms with Gasteiger partial charge >= 0.3 is 5.97 Å². The highest BCUT2D eigenvalue weighted by Gasteiger charge is 2.38. The number of amides is 1. The number of carbonyl (C=O) groups excluding carboxylic acids is 2. The number of carbonyl (C=O) groups is 2. The van der Waals surface area contributed by atoms with Crippen LogP contribution in [-0.4, -0.2) is 65.5 Å². The van der Waals surface area contributed by atoms with Crippen molar-refractivity contribution >= 4 is 50.1 Å². The van der Waals surface area contributed by atoms with E-state index in [0.717, 1.165) is 11.3 Å². The maximum Gasteiger partial charge on any atom is 0.316 e. The third-order valence-electron chi connectivity index (χ3n) is 3.58. The van der Waals surface area contributed by atoms with Gasteiger partial charge in [0.1, 0.15) is 6.04 Å². The van der Waals surface area contributed by atoms with Crippen LogP contribution in [0, 0.1) is 0 Å². The van der Waals surface area contributed by atoms with Crippen LogP contribution in [-0.2, 0) is 24.3 Å². The van der Waals surface area contributed by atoms with Gasteiger partial charge in [0.05, 0.1) is 18.1 Å². The summed E-state index contributed by atoms with van der Waals surface area (Å²) >= 11 is 2.30. The van der Waals surface area contributed by atoms with E-state index in [4.69, 9.17) is 4.74 Å². The van der Waals surface area contributed by atoms with Gasteiger partial charge in [-0.15, -0.1) is 10.2 Å². The van der Waals surface area contributed by atoms with Gasteiger partial charge in [-0.05, 0) is 26.2 Å². The molecule has 1 saturated heterocycles. The Bertz CT molecular complexity index is 737. The molecular formula is C14H22N4O5S3. The zero-order valence-corrected chi connectivity index (χ0v) is 17.1. The molecule has 1 aliphatic rings. The lowest BCUT2D eigenvalue weighted by Gasteiger charge is -2.22. The van der Waals surface area contributed by atoms with Crippen LogP contribution >= 0.6 is 23.1 Å². The van der Waals surface area contributed by atoms with E-state index < -0.39 is 22.0 Å². The van der Waals surface area contributed by atoms with E-state index >= 15 is 0 Å². The van der Waals surface area contributed by atoms with Gasteiger partial charge in [0.2, 0.25) is 21.1 Å². The molecule has 0 radical (unpaired) electrons. The zero-order valence-electron chi connectivity index (χ0n) is 14.6. The van der Waals surface area contributed by atoms with Crippen molar-refractivity contribution in [2.45, 2.75) is 43.5 Å². The molecule has 1 unspecified atom stereocenters. The van der Waals surface area contributed by atoms with E-state index in [1.807, 2.05) is 0 Å². The molecule has 12 heteroatoms. The fraction of sp³-hybridized carbons (Fsp3) is 0.714. The third kappa shape index (κ3) is 5.63. The van der Waals surface area contributed by atoms with Gasteiger partial charge in [0.25, 0.3) is 0 Å². The molecule has 1 N–H and O–H groups in total. The molecule has 0 aromatic carbocycles. The summed E-state index contributed by atoms with van der Waals surface area (Å²) in [4.78, 5) is 23.8. The van der Waals surface area contributed by atoms with Crippen molar-refractivity contribution < 1.29 is 22.7 Å². The van der Waals surface area contributed by atoms with Crippen molar-refractivity contribution in [2.24, 2.45) is 0 Å². The first-order valence-corrected chi connectivity index (χ1v) is 11.7. The third-order valence-corrected chi connectivity index (χ3v) is 7.60. The Labute approximate surface area is 160 Å². The molecule has 146 valence electrons. The number of hydrogen-bond acceptors (Lipinski definition) is 9. The molecule has 9 nitrogen and oxygen atoms in total. The summed E-state index contributed by atoms with van der Waals surface area (Å²) in [7, 11) is -3.43. The van der Waals surface area contributed by atoms with Crippen LogP contribution in [0.25, 0.3) is 0 Å². The Hall–Kier alpha value is -1.24. The summed E-state index contributed by atoms with van der Waals surface area (Å²) in [6, 6.07) is -0.717. The summed E-state index contributed by atoms with van der Waals surface area (Å²) in [6.07, 6.45) is 1.64. The van der Waals surface area contributed by atoms with Crippen molar-refractivity contribution in [1.82, 2.24) is 14.5 Å². The van der Waals surface area contributed by atoms with Gasteiger partial charge in [-0.3, -0.25) is 14.9 Å². The maximum absolute atomic E-state index is 12.5. The fourth-order valence-electron chi connectivity index (χ4n) is 2.54. The largest absolute Gasteiger partial charge is 0.465 e. The van der Waals surface area contributed by atoms with Crippen LogP contribution < -0.4 is 5.32 Å². The lowest BCUT2D eigenvalue weighted by atomic mass is 10.2. The summed E-state index contributed by atoms with van der Waals surface area (Å²) in [6.45, 7) is 4.19. The summed E-state index contributed by atoms with van der Waals surface area (Å²) in [5.41, 5.74) is 0. The number of thioether (sulfide) groups is 1. The molecule has 1 amide bonds. The molecule has 1 fully saturated rings. The monoisotopic (exact) mass is 422 g/mol. The van der Waals surface area contributed by atoms with Crippen LogP contribution in [0.2, 0.25) is 0 Å². The number of esters is 1. The number of rotatable bonds is 9. The first kappa shape index (κ1) is 21.1. The number of anilines is 1. The minimum atomic E-state index is -3.43. The highest BCUT2D eigenvalue weighted by atomic mass is 32.2. The Kier molecular flexibility index (Phi) is 7.80. The molecule has 0 saturated carbocycles. The van der Waals surface area contributed by atoms with Crippen molar-refractivity contribution in [1.29, 1.82) is 0 Å². The van der Waals surface area contributed by atoms with Crippen LogP contribution in [0.3, 0.4) is 0 Å². The SMILES string of the molecule is CCCS(=O)(=O)N1CCCC1C(=O)Nc1nnc(SCC(=O)OCC)s1. The molecule has 0 bridgehead atoms. The van der Waals surface area contributed by atoms with Crippen molar-refractivity contribution in [2.75, 3.05) is 30.0 Å². The second-order valence-corrected chi connectivity index (χ2v) is 9.78. The van der Waals surface area contributed by atoms with Gasteiger partial charge in [-0.1, -0.05) is 30.0 Å². The minimum Gasteiger partial charge on any atom is -0.465 e. The standard InChI is InChI=1S/C14H22N4O5S3/c1-3-8-26(21,22)18-7-5-6-10(18)12(20)15-13-16-17-14(25-13)24-9-11(19)23-4-2/h10H,3-9H2,1-2H3,(H,15,16,20). The Balaban J connectivity index is 1.94. The number of nitrogens with one attached hydrogen (secondary N) is 1. The predicted molar refractivity (Wildman–Crippen MR) is 99.7 cm³/mol. The van der Waals surface area contributed by atoms with E-state index in [1.165, 1.54) is 16.1 Å². The highest BCUT2D eigenvalue weighted by molar-refractivity contribution is 8.01. The Morgan fingerprint density at radius 3 is 2.85 bits per heavy atom. The number of ether oxygens (including phenoxy) is 1. The summed E-state index contributed by atoms with van der Waals surface area (Å²) in [5.74, 6) is -0.604. The average molecular weight is 423 g/mol. The van der Waals surface area contributed by atoms with Crippen molar-refractivity contribution in [3.8, 4) is 0 Å². The lowest BCUT2D eigenvalue weighted by molar-refractivity contribution is -0.139. The molecule has 26 heavy (non-hydrogen) atoms. The first-order chi connectivity index (χ1) is 12.4. The summed E-state index contributed by atoms with van der Waals surface area (Å²) in [5, 5.41) is 10.7. The fourth-order valence-corrected chi connectivity index (χ4v) is 5.84. The van der Waals surface area contributed by atoms with Gasteiger partial charge in [-0.2, -0.15) is 4.31 Å². The van der Waals surface area contributed by atoms with E-state index in [1.54, 1.807) is 13.8 Å². The lowest BCUT2D eigenvalue weighted by Crippen LogP contribution is -2.44. The molecule has 2 heterocycles. The van der Waals surface area contributed by atoms with Crippen molar-refractivity contribution in [3.63, 3.8) is 0 Å². The first-order valence-electron chi connectivity index (χ1n) is 8.29. The smallest absolute Gasteiger partial charge is 0.316 e. The molecule has 1 atom stereocenters. The van der Waals surface area contributed by atoms with Crippen LogP contribution in [0.1, 0.15) is 33.1 Å². The van der Waals surface area contributed by atoms with Crippen LogP contribution in [0.5, 0.6) is 0 Å². The molecule has 0 spiro atoms. The van der Waals surface area contributed by atoms with Gasteiger partial charge in [0, 0.05) is 6.54 Å². The van der Waals surface area contributed by atoms with Crippen molar-refractivity contribution in [3.05, 3.63) is 0 Å². The molecular weight excluding hydrogens is 400 g/mol. The number of aromatic nitrogens is 2. The van der Waals surface area contributed by atoms with Crippen LogP contribution in [0.4, 0.5) is 5.13 Å². The molecule has 2 rings (SSSR count). The van der Waals surface area contributed by atoms with E-state index in [0.29, 0.717) is 36.8 Å². The normalized spacial score (nSPS) is 18.0. The molecule has 1 aromatic rings. The van der Waals surface area contributed by atoms with E-state index in [9.17, 15) is 18.0 Å². The quantitative estimate of drug-likeness (QED) is 0.360. The maximum atomic E-state index is 12.5. The zero-order chi connectivity index (χ0) is 19.2. The van der Waals surface area contributed by atoms with E-state index in [-0.39, 0.29) is 22.6 Å². The topological polar surface area (TPSA) is 119 Å². The predicted octanol–water partition coefficient (Wildman–Crippen LogP) is 1.34. The van der Waals surface area contributed by atoms with Gasteiger partial charge in [0.15, 0.2) is 4.34 Å². The number of sulfonamides is 1. The molecule has 1 aromatic heterocycles. The minimum absolute atomic E-state index is 0.0320. The van der Waals surface area contributed by atoms with Crippen LogP contribution in [0.15, 0.2) is 4.34 Å². The average Bonchev–Trinajstić information content (AvgIpc) is 3.22. The second kappa shape index (κ2) is 9.62. The van der Waals surface area contributed by atoms with Gasteiger partial charge in [-0.25, -0.2) is 8.42 Å².